The number of hydrogen-bond acceptors (Lipinski definition) is 4. The van der Waals surface area contributed by atoms with E-state index < -0.39 is 0 Å². The summed E-state index contributed by atoms with van der Waals surface area (Å²) in [7, 11) is 0. The molecule has 7 heteroatoms. The lowest BCUT2D eigenvalue weighted by atomic mass is 10.0. The molecule has 2 heterocycles. The monoisotopic (exact) mass is 381 g/mol. The topological polar surface area (TPSA) is 70.7 Å². The predicted octanol–water partition coefficient (Wildman–Crippen LogP) is 2.44. The Morgan fingerprint density at radius 3 is 2.81 bits per heavy atom. The van der Waals surface area contributed by atoms with E-state index in [1.807, 2.05) is 17.0 Å². The first-order valence-electron chi connectivity index (χ1n) is 9.22. The van der Waals surface area contributed by atoms with Crippen LogP contribution in [-0.2, 0) is 9.59 Å². The van der Waals surface area contributed by atoms with Crippen LogP contribution >= 0.6 is 12.4 Å². The van der Waals surface area contributed by atoms with Crippen molar-refractivity contribution in [2.45, 2.75) is 32.1 Å². The molecule has 1 aromatic rings. The molecule has 2 aliphatic heterocycles. The first kappa shape index (κ1) is 20.5. The lowest BCUT2D eigenvalue weighted by Gasteiger charge is -2.16. The summed E-state index contributed by atoms with van der Waals surface area (Å²) in [5.41, 5.74) is 0.709. The Bertz CT molecular complexity index is 599. The molecule has 3 rings (SSSR count). The molecule has 2 amide bonds. The third kappa shape index (κ3) is 6.18. The van der Waals surface area contributed by atoms with Gasteiger partial charge in [0.1, 0.15) is 5.75 Å². The van der Waals surface area contributed by atoms with Gasteiger partial charge in [-0.1, -0.05) is 6.07 Å². The van der Waals surface area contributed by atoms with Gasteiger partial charge in [-0.2, -0.15) is 0 Å². The minimum absolute atomic E-state index is 0. The zero-order valence-electron chi connectivity index (χ0n) is 15.0. The van der Waals surface area contributed by atoms with Crippen LogP contribution in [0.2, 0.25) is 0 Å². The van der Waals surface area contributed by atoms with Crippen LogP contribution in [0.25, 0.3) is 0 Å². The Balaban J connectivity index is 0.00000243. The Kier molecular flexibility index (Phi) is 8.19. The molecule has 1 unspecified atom stereocenters. The summed E-state index contributed by atoms with van der Waals surface area (Å²) in [6.45, 7) is 3.78. The summed E-state index contributed by atoms with van der Waals surface area (Å²) in [5, 5.41) is 6.23. The number of hydrogen-bond donors (Lipinski definition) is 2. The molecular weight excluding hydrogens is 354 g/mol. The molecule has 0 radical (unpaired) electrons. The van der Waals surface area contributed by atoms with Gasteiger partial charge in [-0.3, -0.25) is 9.59 Å². The van der Waals surface area contributed by atoms with E-state index in [0.717, 1.165) is 51.9 Å². The maximum absolute atomic E-state index is 12.1. The highest BCUT2D eigenvalue weighted by atomic mass is 35.5. The van der Waals surface area contributed by atoms with E-state index in [2.05, 4.69) is 10.6 Å². The molecule has 2 aliphatic rings. The van der Waals surface area contributed by atoms with Gasteiger partial charge in [-0.05, 0) is 56.8 Å². The van der Waals surface area contributed by atoms with Crippen molar-refractivity contribution in [1.82, 2.24) is 10.2 Å². The number of carbonyl (C=O) groups excluding carboxylic acids is 2. The molecule has 2 fully saturated rings. The molecule has 0 spiro atoms. The number of anilines is 1. The second kappa shape index (κ2) is 10.4. The number of rotatable bonds is 7. The maximum Gasteiger partial charge on any atom is 0.260 e. The van der Waals surface area contributed by atoms with Crippen LogP contribution in [0.3, 0.4) is 0 Å². The van der Waals surface area contributed by atoms with Crippen LogP contribution < -0.4 is 15.4 Å². The van der Waals surface area contributed by atoms with E-state index in [0.29, 0.717) is 23.8 Å². The van der Waals surface area contributed by atoms with Crippen LogP contribution in [0.5, 0.6) is 5.75 Å². The fourth-order valence-corrected chi connectivity index (χ4v) is 3.39. The minimum Gasteiger partial charge on any atom is -0.484 e. The molecule has 1 atom stereocenters. The smallest absolute Gasteiger partial charge is 0.260 e. The van der Waals surface area contributed by atoms with Gasteiger partial charge < -0.3 is 20.3 Å². The summed E-state index contributed by atoms with van der Waals surface area (Å²) in [6, 6.07) is 7.24. The zero-order valence-corrected chi connectivity index (χ0v) is 15.9. The summed E-state index contributed by atoms with van der Waals surface area (Å²) in [6.07, 6.45) is 4.75. The minimum atomic E-state index is 0. The first-order valence-corrected chi connectivity index (χ1v) is 9.22. The molecule has 6 nitrogen and oxygen atoms in total. The number of nitrogens with zero attached hydrogens (tertiary/aromatic N) is 1. The van der Waals surface area contributed by atoms with Gasteiger partial charge in [-0.25, -0.2) is 0 Å². The van der Waals surface area contributed by atoms with Crippen molar-refractivity contribution >= 4 is 29.9 Å². The number of likely N-dealkylation sites (tertiary alicyclic amines) is 1. The lowest BCUT2D eigenvalue weighted by Crippen LogP contribution is -2.32. The Morgan fingerprint density at radius 2 is 2.08 bits per heavy atom. The fraction of sp³-hybridized carbons (Fsp3) is 0.579. The van der Waals surface area contributed by atoms with Crippen LogP contribution in [0.4, 0.5) is 5.69 Å². The summed E-state index contributed by atoms with van der Waals surface area (Å²) < 4.78 is 5.59. The zero-order chi connectivity index (χ0) is 17.5. The van der Waals surface area contributed by atoms with E-state index in [1.54, 1.807) is 12.1 Å². The van der Waals surface area contributed by atoms with Crippen LogP contribution in [0.15, 0.2) is 24.3 Å². The molecule has 0 aliphatic carbocycles. The number of halogens is 1. The second-order valence-electron chi connectivity index (χ2n) is 6.85. The molecule has 2 N–H and O–H groups in total. The van der Waals surface area contributed by atoms with Crippen molar-refractivity contribution in [3.8, 4) is 5.75 Å². The van der Waals surface area contributed by atoms with Gasteiger partial charge in [0.2, 0.25) is 5.91 Å². The molecule has 0 saturated carbocycles. The van der Waals surface area contributed by atoms with Crippen molar-refractivity contribution in [3.05, 3.63) is 24.3 Å². The maximum atomic E-state index is 12.1. The Morgan fingerprint density at radius 1 is 1.27 bits per heavy atom. The van der Waals surface area contributed by atoms with E-state index in [4.69, 9.17) is 4.74 Å². The van der Waals surface area contributed by atoms with Crippen LogP contribution in [0, 0.1) is 5.92 Å². The largest absolute Gasteiger partial charge is 0.484 e. The number of nitrogens with one attached hydrogen (secondary N) is 2. The molecule has 26 heavy (non-hydrogen) atoms. The average Bonchev–Trinajstić information content (AvgIpc) is 3.31. The average molecular weight is 382 g/mol. The highest BCUT2D eigenvalue weighted by molar-refractivity contribution is 5.90. The summed E-state index contributed by atoms with van der Waals surface area (Å²) in [5.74, 6) is 1.26. The third-order valence-electron chi connectivity index (χ3n) is 4.88. The molecule has 2 saturated heterocycles. The van der Waals surface area contributed by atoms with Crippen molar-refractivity contribution in [2.75, 3.05) is 38.1 Å². The van der Waals surface area contributed by atoms with E-state index in [-0.39, 0.29) is 30.8 Å². The molecule has 144 valence electrons. The molecule has 0 aromatic heterocycles. The van der Waals surface area contributed by atoms with Crippen LogP contribution in [0.1, 0.15) is 32.1 Å². The quantitative estimate of drug-likeness (QED) is 0.761. The van der Waals surface area contributed by atoms with Gasteiger partial charge in [0.15, 0.2) is 6.61 Å². The SMILES string of the molecule is Cl.O=C(CCC1CCNC1)Nc1cccc(OCC(=O)N2CCCC2)c1. The van der Waals surface area contributed by atoms with Gasteiger partial charge in [0, 0.05) is 31.3 Å². The van der Waals surface area contributed by atoms with Crippen molar-refractivity contribution in [1.29, 1.82) is 0 Å². The normalized spacial score (nSPS) is 19.1. The van der Waals surface area contributed by atoms with Gasteiger partial charge in [0.25, 0.3) is 5.91 Å². The number of carbonyl (C=O) groups is 2. The fourth-order valence-electron chi connectivity index (χ4n) is 3.39. The van der Waals surface area contributed by atoms with E-state index in [9.17, 15) is 9.59 Å². The van der Waals surface area contributed by atoms with Gasteiger partial charge >= 0.3 is 0 Å². The van der Waals surface area contributed by atoms with Gasteiger partial charge in [0.05, 0.1) is 0 Å². The molecule has 0 bridgehead atoms. The molecular formula is C19H28ClN3O3. The number of amides is 2. The molecule has 1 aromatic carbocycles. The van der Waals surface area contributed by atoms with Crippen molar-refractivity contribution in [2.24, 2.45) is 5.92 Å². The second-order valence-corrected chi connectivity index (χ2v) is 6.85. The Labute approximate surface area is 161 Å². The van der Waals surface area contributed by atoms with E-state index in [1.165, 1.54) is 0 Å². The first-order chi connectivity index (χ1) is 12.2. The number of ether oxygens (including phenoxy) is 1. The Hall–Kier alpha value is -1.79. The van der Waals surface area contributed by atoms with Crippen molar-refractivity contribution < 1.29 is 14.3 Å². The predicted molar refractivity (Wildman–Crippen MR) is 104 cm³/mol. The van der Waals surface area contributed by atoms with Gasteiger partial charge in [-0.15, -0.1) is 12.4 Å². The number of benzene rings is 1. The lowest BCUT2D eigenvalue weighted by molar-refractivity contribution is -0.132. The third-order valence-corrected chi connectivity index (χ3v) is 4.88. The van der Waals surface area contributed by atoms with Crippen molar-refractivity contribution in [3.63, 3.8) is 0 Å². The standard InChI is InChI=1S/C19H27N3O3.ClH/c23-18(7-6-15-8-9-20-13-15)21-16-4-3-5-17(12-16)25-14-19(24)22-10-1-2-11-22;/h3-5,12,15,20H,1-2,6-11,13-14H2,(H,21,23);1H. The highest BCUT2D eigenvalue weighted by Gasteiger charge is 2.18. The highest BCUT2D eigenvalue weighted by Crippen LogP contribution is 2.19. The summed E-state index contributed by atoms with van der Waals surface area (Å²) >= 11 is 0. The van der Waals surface area contributed by atoms with Crippen LogP contribution in [-0.4, -0.2) is 49.5 Å². The van der Waals surface area contributed by atoms with E-state index >= 15 is 0 Å². The summed E-state index contributed by atoms with van der Waals surface area (Å²) in [4.78, 5) is 25.9.